The third-order valence-corrected chi connectivity index (χ3v) is 3.55. The number of hydrogen-bond acceptors (Lipinski definition) is 4. The Kier molecular flexibility index (Phi) is 3.80. The molecule has 18 heavy (non-hydrogen) atoms. The van der Waals surface area contributed by atoms with Crippen LogP contribution >= 0.6 is 0 Å². The first-order chi connectivity index (χ1) is 8.49. The topological polar surface area (TPSA) is 56.3 Å². The maximum atomic E-state index is 6.13. The summed E-state index contributed by atoms with van der Waals surface area (Å²) in [6, 6.07) is 0. The van der Waals surface area contributed by atoms with E-state index in [1.807, 2.05) is 7.05 Å². The minimum atomic E-state index is 0.263. The molecule has 0 amide bonds. The standard InChI is InChI=1S/C13H24N4O/c1-9(2)12-11(14)13(17(4)15-12)18-10-5-7-16(3)8-6-10/h9-10H,5-8,14H2,1-4H3. The molecule has 1 fully saturated rings. The number of anilines is 1. The largest absolute Gasteiger partial charge is 0.473 e. The van der Waals surface area contributed by atoms with Crippen molar-refractivity contribution < 1.29 is 4.74 Å². The molecule has 5 nitrogen and oxygen atoms in total. The Bertz CT molecular complexity index is 405. The fourth-order valence-electron chi connectivity index (χ4n) is 2.37. The van der Waals surface area contributed by atoms with Crippen LogP contribution in [-0.4, -0.2) is 40.9 Å². The highest BCUT2D eigenvalue weighted by atomic mass is 16.5. The summed E-state index contributed by atoms with van der Waals surface area (Å²) in [6.07, 6.45) is 2.37. The predicted octanol–water partition coefficient (Wildman–Crippen LogP) is 1.60. The van der Waals surface area contributed by atoms with E-state index in [0.29, 0.717) is 11.6 Å². The van der Waals surface area contributed by atoms with Crippen LogP contribution in [0.1, 0.15) is 38.3 Å². The number of aryl methyl sites for hydroxylation is 1. The molecule has 5 heteroatoms. The van der Waals surface area contributed by atoms with Gasteiger partial charge in [-0.1, -0.05) is 13.8 Å². The summed E-state index contributed by atoms with van der Waals surface area (Å²) >= 11 is 0. The van der Waals surface area contributed by atoms with Crippen molar-refractivity contribution in [2.24, 2.45) is 7.05 Å². The number of nitrogens with zero attached hydrogens (tertiary/aromatic N) is 3. The average Bonchev–Trinajstić information content (AvgIpc) is 2.60. The maximum absolute atomic E-state index is 6.13. The van der Waals surface area contributed by atoms with Gasteiger partial charge in [0.1, 0.15) is 11.8 Å². The van der Waals surface area contributed by atoms with Crippen molar-refractivity contribution in [1.29, 1.82) is 0 Å². The molecule has 102 valence electrons. The Labute approximate surface area is 109 Å². The van der Waals surface area contributed by atoms with Gasteiger partial charge in [0.25, 0.3) is 0 Å². The fourth-order valence-corrected chi connectivity index (χ4v) is 2.37. The first-order valence-electron chi connectivity index (χ1n) is 6.66. The second kappa shape index (κ2) is 5.18. The van der Waals surface area contributed by atoms with E-state index in [1.165, 1.54) is 0 Å². The van der Waals surface area contributed by atoms with Gasteiger partial charge in [-0.3, -0.25) is 0 Å². The second-order valence-electron chi connectivity index (χ2n) is 5.50. The maximum Gasteiger partial charge on any atom is 0.236 e. The molecule has 2 heterocycles. The molecule has 2 N–H and O–H groups in total. The Hall–Kier alpha value is -1.23. The van der Waals surface area contributed by atoms with Crippen LogP contribution in [0.3, 0.4) is 0 Å². The third-order valence-electron chi connectivity index (χ3n) is 3.55. The summed E-state index contributed by atoms with van der Waals surface area (Å²) in [5.74, 6) is 1.05. The lowest BCUT2D eigenvalue weighted by Gasteiger charge is -2.29. The molecule has 1 aromatic rings. The van der Waals surface area contributed by atoms with Crippen molar-refractivity contribution in [2.75, 3.05) is 25.9 Å². The molecular formula is C13H24N4O. The van der Waals surface area contributed by atoms with E-state index in [1.54, 1.807) is 4.68 Å². The first-order valence-corrected chi connectivity index (χ1v) is 6.66. The van der Waals surface area contributed by atoms with Gasteiger partial charge in [-0.25, -0.2) is 4.68 Å². The highest BCUT2D eigenvalue weighted by Gasteiger charge is 2.23. The summed E-state index contributed by atoms with van der Waals surface area (Å²) < 4.78 is 7.81. The predicted molar refractivity (Wildman–Crippen MR) is 72.9 cm³/mol. The lowest BCUT2D eigenvalue weighted by Crippen LogP contribution is -2.36. The molecule has 0 radical (unpaired) electrons. The average molecular weight is 252 g/mol. The minimum absolute atomic E-state index is 0.263. The molecule has 1 saturated heterocycles. The quantitative estimate of drug-likeness (QED) is 0.887. The van der Waals surface area contributed by atoms with Crippen molar-refractivity contribution in [3.63, 3.8) is 0 Å². The van der Waals surface area contributed by atoms with Crippen molar-refractivity contribution in [2.45, 2.75) is 38.7 Å². The molecule has 0 aromatic carbocycles. The first kappa shape index (κ1) is 13.2. The SMILES string of the molecule is CC(C)c1nn(C)c(OC2CCN(C)CC2)c1N. The van der Waals surface area contributed by atoms with Gasteiger partial charge < -0.3 is 15.4 Å². The van der Waals surface area contributed by atoms with E-state index in [2.05, 4.69) is 30.9 Å². The summed E-state index contributed by atoms with van der Waals surface area (Å²) in [4.78, 5) is 2.33. The molecule has 1 aliphatic heterocycles. The molecular weight excluding hydrogens is 228 g/mol. The number of likely N-dealkylation sites (tertiary alicyclic amines) is 1. The van der Waals surface area contributed by atoms with E-state index in [-0.39, 0.29) is 6.10 Å². The van der Waals surface area contributed by atoms with Crippen LogP contribution in [0.2, 0.25) is 0 Å². The molecule has 0 spiro atoms. The van der Waals surface area contributed by atoms with Crippen LogP contribution in [0.5, 0.6) is 5.88 Å². The molecule has 0 atom stereocenters. The smallest absolute Gasteiger partial charge is 0.236 e. The molecule has 1 aliphatic rings. The Morgan fingerprint density at radius 1 is 1.28 bits per heavy atom. The van der Waals surface area contributed by atoms with Crippen LogP contribution in [0.4, 0.5) is 5.69 Å². The zero-order chi connectivity index (χ0) is 13.3. The zero-order valence-electron chi connectivity index (χ0n) is 11.8. The van der Waals surface area contributed by atoms with Gasteiger partial charge in [-0.05, 0) is 25.8 Å². The van der Waals surface area contributed by atoms with Gasteiger partial charge in [0, 0.05) is 20.1 Å². The highest BCUT2D eigenvalue weighted by molar-refractivity contribution is 5.54. The van der Waals surface area contributed by atoms with E-state index in [9.17, 15) is 0 Å². The van der Waals surface area contributed by atoms with E-state index < -0.39 is 0 Å². The lowest BCUT2D eigenvalue weighted by molar-refractivity contribution is 0.106. The number of nitrogen functional groups attached to an aromatic ring is 1. The number of rotatable bonds is 3. The zero-order valence-corrected chi connectivity index (χ0v) is 11.8. The number of ether oxygens (including phenoxy) is 1. The van der Waals surface area contributed by atoms with E-state index in [0.717, 1.165) is 37.5 Å². The summed E-state index contributed by atoms with van der Waals surface area (Å²) in [7, 11) is 4.04. The monoisotopic (exact) mass is 252 g/mol. The van der Waals surface area contributed by atoms with Gasteiger partial charge in [0.2, 0.25) is 5.88 Å². The van der Waals surface area contributed by atoms with E-state index >= 15 is 0 Å². The lowest BCUT2D eigenvalue weighted by atomic mass is 10.1. The summed E-state index contributed by atoms with van der Waals surface area (Å²) in [5.41, 5.74) is 7.76. The van der Waals surface area contributed by atoms with Crippen LogP contribution < -0.4 is 10.5 Å². The number of piperidine rings is 1. The van der Waals surface area contributed by atoms with Gasteiger partial charge >= 0.3 is 0 Å². The van der Waals surface area contributed by atoms with Crippen LogP contribution in [0.15, 0.2) is 0 Å². The van der Waals surface area contributed by atoms with Crippen molar-refractivity contribution in [1.82, 2.24) is 14.7 Å². The molecule has 0 bridgehead atoms. The highest BCUT2D eigenvalue weighted by Crippen LogP contribution is 2.31. The Morgan fingerprint density at radius 3 is 2.39 bits per heavy atom. The van der Waals surface area contributed by atoms with Crippen molar-refractivity contribution >= 4 is 5.69 Å². The van der Waals surface area contributed by atoms with Gasteiger partial charge in [0.15, 0.2) is 0 Å². The van der Waals surface area contributed by atoms with Gasteiger partial charge in [-0.2, -0.15) is 5.10 Å². The van der Waals surface area contributed by atoms with Crippen LogP contribution in [-0.2, 0) is 7.05 Å². The summed E-state index contributed by atoms with van der Waals surface area (Å²) in [5, 5.41) is 4.45. The second-order valence-corrected chi connectivity index (χ2v) is 5.50. The normalized spacial score (nSPS) is 18.5. The molecule has 2 rings (SSSR count). The number of nitrogens with two attached hydrogens (primary N) is 1. The Balaban J connectivity index is 2.09. The molecule has 0 saturated carbocycles. The van der Waals surface area contributed by atoms with Gasteiger partial charge in [0.05, 0.1) is 5.69 Å². The van der Waals surface area contributed by atoms with Crippen LogP contribution in [0.25, 0.3) is 0 Å². The Morgan fingerprint density at radius 2 is 1.89 bits per heavy atom. The fraction of sp³-hybridized carbons (Fsp3) is 0.769. The third kappa shape index (κ3) is 2.61. The molecule has 0 aliphatic carbocycles. The minimum Gasteiger partial charge on any atom is -0.473 e. The number of aromatic nitrogens is 2. The molecule has 1 aromatic heterocycles. The molecule has 0 unspecified atom stereocenters. The van der Waals surface area contributed by atoms with E-state index in [4.69, 9.17) is 10.5 Å². The number of hydrogen-bond donors (Lipinski definition) is 1. The van der Waals surface area contributed by atoms with Crippen LogP contribution in [0, 0.1) is 0 Å². The van der Waals surface area contributed by atoms with Crippen molar-refractivity contribution in [3.8, 4) is 5.88 Å². The summed E-state index contributed by atoms with van der Waals surface area (Å²) in [6.45, 7) is 6.36. The van der Waals surface area contributed by atoms with Crippen molar-refractivity contribution in [3.05, 3.63) is 5.69 Å². The van der Waals surface area contributed by atoms with Gasteiger partial charge in [-0.15, -0.1) is 0 Å².